The number of aliphatic hydroxyl groups is 2. The minimum Gasteiger partial charge on any atom is -0.471 e. The molecule has 13 heteroatoms. The highest BCUT2D eigenvalue weighted by molar-refractivity contribution is 6.31. The smallest absolute Gasteiger partial charge is 0.276 e. The molecule has 4 rings (SSSR count). The van der Waals surface area contributed by atoms with E-state index in [9.17, 15) is 33.4 Å². The van der Waals surface area contributed by atoms with E-state index >= 15 is 0 Å². The lowest BCUT2D eigenvalue weighted by Gasteiger charge is -2.17. The van der Waals surface area contributed by atoms with Crippen molar-refractivity contribution in [2.75, 3.05) is 29.7 Å². The second-order valence-corrected chi connectivity index (χ2v) is 8.12. The molecule has 0 fully saturated rings. The lowest BCUT2D eigenvalue weighted by Crippen LogP contribution is -2.40. The van der Waals surface area contributed by atoms with E-state index in [0.29, 0.717) is 23.0 Å². The van der Waals surface area contributed by atoms with Gasteiger partial charge in [-0.25, -0.2) is 13.8 Å². The fourth-order valence-corrected chi connectivity index (χ4v) is 3.86. The number of amides is 2. The third kappa shape index (κ3) is 4.91. The van der Waals surface area contributed by atoms with E-state index < -0.39 is 42.2 Å². The number of aromatic nitrogens is 2. The lowest BCUT2D eigenvalue weighted by atomic mass is 10.1. The Morgan fingerprint density at radius 2 is 1.72 bits per heavy atom. The SMILES string of the molecule is O=C(CO)N1CN(C(=O)CO)c2cc(Cn3cnc(OCc4ccc(F)cc4F)c(Cl)c3=O)ccc21. The van der Waals surface area contributed by atoms with Crippen LogP contribution in [0, 0.1) is 11.6 Å². The number of nitrogens with zero attached hydrogens (tertiary/aromatic N) is 4. The standard InChI is InChI=1S/C23H19ClF2N4O6/c24-21-22(36-10-14-2-3-15(25)6-16(14)26)27-11-28(23(21)35)7-13-1-4-17-18(5-13)30(20(34)9-32)12-29(17)19(33)8-31/h1-6,11,31-32H,7-10,12H2. The summed E-state index contributed by atoms with van der Waals surface area (Å²) in [5.74, 6) is -3.06. The molecule has 2 heterocycles. The number of hydrogen-bond donors (Lipinski definition) is 2. The Balaban J connectivity index is 1.56. The van der Waals surface area contributed by atoms with Gasteiger partial charge in [0.2, 0.25) is 5.88 Å². The van der Waals surface area contributed by atoms with Crippen molar-refractivity contribution in [3.8, 4) is 5.88 Å². The Kier molecular flexibility index (Phi) is 7.29. The molecule has 1 aliphatic heterocycles. The van der Waals surface area contributed by atoms with Crippen LogP contribution < -0.4 is 20.1 Å². The first kappa shape index (κ1) is 25.2. The number of aliphatic hydroxyl groups excluding tert-OH is 2. The van der Waals surface area contributed by atoms with Crippen LogP contribution in [0.5, 0.6) is 5.88 Å². The van der Waals surface area contributed by atoms with Gasteiger partial charge in [0.25, 0.3) is 17.4 Å². The molecule has 0 bridgehead atoms. The fraction of sp³-hybridized carbons (Fsp3) is 0.217. The highest BCUT2D eigenvalue weighted by Gasteiger charge is 2.33. The number of rotatable bonds is 7. The summed E-state index contributed by atoms with van der Waals surface area (Å²) in [6.07, 6.45) is 1.18. The molecular formula is C23H19ClF2N4O6. The summed E-state index contributed by atoms with van der Waals surface area (Å²) in [6.45, 7) is -2.06. The largest absolute Gasteiger partial charge is 0.471 e. The Morgan fingerprint density at radius 1 is 1.03 bits per heavy atom. The number of anilines is 2. The van der Waals surface area contributed by atoms with Crippen molar-refractivity contribution in [3.05, 3.63) is 80.9 Å². The average molecular weight is 521 g/mol. The van der Waals surface area contributed by atoms with Gasteiger partial charge >= 0.3 is 0 Å². The molecule has 3 aromatic rings. The number of fused-ring (bicyclic) bond motifs is 1. The van der Waals surface area contributed by atoms with Gasteiger partial charge in [0, 0.05) is 11.6 Å². The molecular weight excluding hydrogens is 502 g/mol. The third-order valence-electron chi connectivity index (χ3n) is 5.46. The molecule has 2 N–H and O–H groups in total. The number of ether oxygens (including phenoxy) is 1. The molecule has 0 spiro atoms. The monoisotopic (exact) mass is 520 g/mol. The van der Waals surface area contributed by atoms with Crippen LogP contribution in [0.4, 0.5) is 20.2 Å². The van der Waals surface area contributed by atoms with E-state index in [1.807, 2.05) is 0 Å². The van der Waals surface area contributed by atoms with E-state index in [0.717, 1.165) is 6.07 Å². The number of carbonyl (C=O) groups excluding carboxylic acids is 2. The molecule has 10 nitrogen and oxygen atoms in total. The van der Waals surface area contributed by atoms with Crippen molar-refractivity contribution in [2.45, 2.75) is 13.2 Å². The normalized spacial score (nSPS) is 12.6. The fourth-order valence-electron chi connectivity index (χ4n) is 3.65. The van der Waals surface area contributed by atoms with E-state index in [1.54, 1.807) is 18.2 Å². The van der Waals surface area contributed by atoms with E-state index in [4.69, 9.17) is 16.3 Å². The van der Waals surface area contributed by atoms with Crippen molar-refractivity contribution >= 4 is 34.8 Å². The summed E-state index contributed by atoms with van der Waals surface area (Å²) in [6, 6.07) is 7.71. The molecule has 1 aromatic heterocycles. The summed E-state index contributed by atoms with van der Waals surface area (Å²) in [5.41, 5.74) is 0.626. The Bertz CT molecular complexity index is 1400. The van der Waals surface area contributed by atoms with Crippen molar-refractivity contribution in [1.29, 1.82) is 0 Å². The first-order valence-corrected chi connectivity index (χ1v) is 10.9. The third-order valence-corrected chi connectivity index (χ3v) is 5.78. The van der Waals surface area contributed by atoms with Gasteiger partial charge in [-0.3, -0.25) is 28.8 Å². The van der Waals surface area contributed by atoms with Crippen LogP contribution in [0.1, 0.15) is 11.1 Å². The molecule has 188 valence electrons. The molecule has 0 aliphatic carbocycles. The Labute approximate surface area is 207 Å². The van der Waals surface area contributed by atoms with Crippen LogP contribution in [0.25, 0.3) is 0 Å². The summed E-state index contributed by atoms with van der Waals surface area (Å²) < 4.78 is 33.4. The van der Waals surface area contributed by atoms with Gasteiger partial charge in [0.1, 0.15) is 44.5 Å². The molecule has 0 saturated carbocycles. The maximum Gasteiger partial charge on any atom is 0.276 e. The quantitative estimate of drug-likeness (QED) is 0.483. The van der Waals surface area contributed by atoms with Crippen LogP contribution in [0.15, 0.2) is 47.5 Å². The van der Waals surface area contributed by atoms with Crippen molar-refractivity contribution in [3.63, 3.8) is 0 Å². The molecule has 0 radical (unpaired) electrons. The van der Waals surface area contributed by atoms with E-state index in [1.165, 1.54) is 26.8 Å². The molecule has 2 aromatic carbocycles. The van der Waals surface area contributed by atoms with Crippen LogP contribution in [0.3, 0.4) is 0 Å². The molecule has 0 unspecified atom stereocenters. The van der Waals surface area contributed by atoms with Crippen molar-refractivity contribution in [2.24, 2.45) is 0 Å². The van der Waals surface area contributed by atoms with Gasteiger partial charge in [-0.05, 0) is 29.8 Å². The predicted octanol–water partition coefficient (Wildman–Crippen LogP) is 1.42. The zero-order valence-corrected chi connectivity index (χ0v) is 19.3. The average Bonchev–Trinajstić information content (AvgIpc) is 3.25. The maximum atomic E-state index is 13.8. The summed E-state index contributed by atoms with van der Waals surface area (Å²) >= 11 is 6.12. The van der Waals surface area contributed by atoms with Gasteiger partial charge in [-0.15, -0.1) is 0 Å². The number of carbonyl (C=O) groups is 2. The van der Waals surface area contributed by atoms with Gasteiger partial charge in [0.05, 0.1) is 17.9 Å². The minimum atomic E-state index is -0.816. The van der Waals surface area contributed by atoms with Crippen LogP contribution in [-0.4, -0.2) is 51.5 Å². The Hall–Kier alpha value is -3.87. The van der Waals surface area contributed by atoms with E-state index in [2.05, 4.69) is 4.98 Å². The Morgan fingerprint density at radius 3 is 2.39 bits per heavy atom. The molecule has 1 aliphatic rings. The molecule has 0 atom stereocenters. The van der Waals surface area contributed by atoms with Gasteiger partial charge in [-0.2, -0.15) is 0 Å². The van der Waals surface area contributed by atoms with Crippen molar-refractivity contribution in [1.82, 2.24) is 9.55 Å². The topological polar surface area (TPSA) is 125 Å². The van der Waals surface area contributed by atoms with Crippen LogP contribution in [-0.2, 0) is 22.7 Å². The summed E-state index contributed by atoms with van der Waals surface area (Å²) in [5, 5.41) is 18.1. The van der Waals surface area contributed by atoms with Crippen LogP contribution in [0.2, 0.25) is 5.02 Å². The highest BCUT2D eigenvalue weighted by Crippen LogP contribution is 2.37. The first-order chi connectivity index (χ1) is 17.2. The summed E-state index contributed by atoms with van der Waals surface area (Å²) in [4.78, 5) is 43.4. The molecule has 2 amide bonds. The zero-order chi connectivity index (χ0) is 26.0. The van der Waals surface area contributed by atoms with Gasteiger partial charge in [0.15, 0.2) is 5.02 Å². The van der Waals surface area contributed by atoms with Crippen LogP contribution >= 0.6 is 11.6 Å². The molecule has 36 heavy (non-hydrogen) atoms. The predicted molar refractivity (Wildman–Crippen MR) is 124 cm³/mol. The van der Waals surface area contributed by atoms with Gasteiger partial charge in [-0.1, -0.05) is 17.7 Å². The van der Waals surface area contributed by atoms with E-state index in [-0.39, 0.29) is 36.3 Å². The zero-order valence-electron chi connectivity index (χ0n) is 18.5. The minimum absolute atomic E-state index is 0.0131. The van der Waals surface area contributed by atoms with Gasteiger partial charge < -0.3 is 14.9 Å². The second kappa shape index (κ2) is 10.4. The van der Waals surface area contributed by atoms with Crippen molar-refractivity contribution < 1.29 is 33.3 Å². The molecule has 0 saturated heterocycles. The first-order valence-electron chi connectivity index (χ1n) is 10.5. The lowest BCUT2D eigenvalue weighted by molar-refractivity contribution is -0.121. The highest BCUT2D eigenvalue weighted by atomic mass is 35.5. The maximum absolute atomic E-state index is 13.8. The number of benzene rings is 2. The summed E-state index contributed by atoms with van der Waals surface area (Å²) in [7, 11) is 0. The number of hydrogen-bond acceptors (Lipinski definition) is 7. The number of halogens is 3. The second-order valence-electron chi connectivity index (χ2n) is 7.75.